The van der Waals surface area contributed by atoms with Gasteiger partial charge in [0.1, 0.15) is 5.65 Å². The molecule has 2 amide bonds. The maximum atomic E-state index is 13.2. The van der Waals surface area contributed by atoms with Crippen molar-refractivity contribution in [3.63, 3.8) is 0 Å². The molecule has 2 aliphatic heterocycles. The summed E-state index contributed by atoms with van der Waals surface area (Å²) in [6, 6.07) is 16.3. The topological polar surface area (TPSA) is 167 Å². The van der Waals surface area contributed by atoms with Crippen molar-refractivity contribution in [2.24, 2.45) is 17.4 Å². The molecular formula is C41H59N9O3. The normalized spacial score (nSPS) is 15.7. The fourth-order valence-electron chi connectivity index (χ4n) is 6.64. The molecule has 0 spiro atoms. The second kappa shape index (κ2) is 17.1. The molecule has 7 N–H and O–H groups in total. The molecule has 4 aromatic rings. The van der Waals surface area contributed by atoms with Gasteiger partial charge in [-0.05, 0) is 85.3 Å². The first-order valence-corrected chi connectivity index (χ1v) is 19.0. The van der Waals surface area contributed by atoms with Crippen LogP contribution in [0.2, 0.25) is 0 Å². The number of amides is 2. The Morgan fingerprint density at radius 2 is 1.58 bits per heavy atom. The van der Waals surface area contributed by atoms with Gasteiger partial charge in [0, 0.05) is 85.7 Å². The number of fused-ring (bicyclic) bond motifs is 1. The third-order valence-electron chi connectivity index (χ3n) is 10.1. The molecule has 2 aliphatic rings. The second-order valence-corrected chi connectivity index (χ2v) is 16.3. The van der Waals surface area contributed by atoms with Crippen LogP contribution in [0.25, 0.3) is 16.7 Å². The number of hydrogen-bond donors (Lipinski definition) is 5. The summed E-state index contributed by atoms with van der Waals surface area (Å²) in [5, 5.41) is 7.66. The number of aromatic nitrogens is 3. The lowest BCUT2D eigenvalue weighted by Crippen LogP contribution is -2.44. The summed E-state index contributed by atoms with van der Waals surface area (Å²) < 4.78 is 1.59. The van der Waals surface area contributed by atoms with Crippen LogP contribution < -0.4 is 32.7 Å². The third kappa shape index (κ3) is 10.3. The minimum atomic E-state index is -0.284. The van der Waals surface area contributed by atoms with Gasteiger partial charge in [-0.3, -0.25) is 14.2 Å². The Morgan fingerprint density at radius 3 is 2.19 bits per heavy atom. The average Bonchev–Trinajstić information content (AvgIpc) is 3.57. The number of likely N-dealkylation sites (tertiary alicyclic amines) is 1. The van der Waals surface area contributed by atoms with Crippen molar-refractivity contribution in [1.29, 1.82) is 0 Å². The quantitative estimate of drug-likeness (QED) is 0.160. The number of benzene rings is 2. The molecule has 53 heavy (non-hydrogen) atoms. The van der Waals surface area contributed by atoms with E-state index in [2.05, 4.69) is 79.2 Å². The molecule has 2 aromatic carbocycles. The van der Waals surface area contributed by atoms with E-state index in [4.69, 9.17) is 11.5 Å². The molecule has 286 valence electrons. The number of carbonyl (C=O) groups is 2. The van der Waals surface area contributed by atoms with Gasteiger partial charge in [0.2, 0.25) is 5.91 Å². The van der Waals surface area contributed by atoms with Crippen LogP contribution in [0.3, 0.4) is 0 Å². The lowest BCUT2D eigenvalue weighted by atomic mass is 9.85. The van der Waals surface area contributed by atoms with E-state index in [-0.39, 0.29) is 34.3 Å². The zero-order valence-electron chi connectivity index (χ0n) is 32.4. The molecule has 0 saturated carbocycles. The molecule has 12 heteroatoms. The number of hydrogen-bond acceptors (Lipinski definition) is 8. The summed E-state index contributed by atoms with van der Waals surface area (Å²) in [7, 11) is 0. The second-order valence-electron chi connectivity index (χ2n) is 16.3. The van der Waals surface area contributed by atoms with Crippen LogP contribution in [-0.4, -0.2) is 83.6 Å². The Kier molecular flexibility index (Phi) is 12.8. The Bertz CT molecular complexity index is 1900. The van der Waals surface area contributed by atoms with Crippen molar-refractivity contribution in [3.8, 4) is 5.69 Å². The third-order valence-corrected chi connectivity index (χ3v) is 10.1. The highest BCUT2D eigenvalue weighted by molar-refractivity contribution is 5.96. The summed E-state index contributed by atoms with van der Waals surface area (Å²) in [6.07, 6.45) is 4.13. The lowest BCUT2D eigenvalue weighted by Gasteiger charge is -2.33. The first-order valence-electron chi connectivity index (χ1n) is 19.0. The van der Waals surface area contributed by atoms with Crippen molar-refractivity contribution in [1.82, 2.24) is 30.1 Å². The summed E-state index contributed by atoms with van der Waals surface area (Å²) >= 11 is 0. The van der Waals surface area contributed by atoms with Gasteiger partial charge in [-0.15, -0.1) is 0 Å². The smallest absolute Gasteiger partial charge is 0.354 e. The number of nitrogens with two attached hydrogens (primary N) is 2. The van der Waals surface area contributed by atoms with E-state index in [0.29, 0.717) is 38.1 Å². The van der Waals surface area contributed by atoms with Crippen LogP contribution in [0.1, 0.15) is 88.0 Å². The number of nitrogens with zero attached hydrogens (tertiary/aromatic N) is 4. The van der Waals surface area contributed by atoms with Gasteiger partial charge in [0.25, 0.3) is 5.91 Å². The van der Waals surface area contributed by atoms with Gasteiger partial charge < -0.3 is 36.9 Å². The molecule has 0 bridgehead atoms. The van der Waals surface area contributed by atoms with Crippen molar-refractivity contribution in [2.45, 2.75) is 78.2 Å². The average molecular weight is 726 g/mol. The molecule has 0 atom stereocenters. The number of piperidine rings is 1. The number of aromatic amines is 1. The fraction of sp³-hybridized carbons (Fsp3) is 0.512. The Hall–Kier alpha value is -4.52. The molecule has 2 fully saturated rings. The first kappa shape index (κ1) is 39.7. The van der Waals surface area contributed by atoms with Gasteiger partial charge >= 0.3 is 5.69 Å². The minimum Gasteiger partial charge on any atom is -0.369 e. The maximum Gasteiger partial charge on any atom is 0.354 e. The molecule has 0 radical (unpaired) electrons. The van der Waals surface area contributed by atoms with E-state index >= 15 is 0 Å². The standard InChI is InChI=1S/C21H32N4O2.C20H27N5O/c1-21(2,3)17-12-16(13-18(14-17)24-10-6-23-7-11-24)20(27)25-8-4-15(5-9-25)19(22)26;1-20(2,3)17-11-15-13-25(19(26)24-18(15)23-17)16-7-5-14(6-8-16)12-22-10-4-9-21/h12-15,23H,4-11H2,1-3H3,(H2,22,26);5-8,11,13,22H,4,9-10,12,21H2,1-3H3,(H,23,24,26). The number of anilines is 1. The summed E-state index contributed by atoms with van der Waals surface area (Å²) in [6.45, 7) is 20.3. The highest BCUT2D eigenvalue weighted by Crippen LogP contribution is 2.30. The largest absolute Gasteiger partial charge is 0.369 e. The van der Waals surface area contributed by atoms with Gasteiger partial charge in [0.15, 0.2) is 0 Å². The highest BCUT2D eigenvalue weighted by atomic mass is 16.2. The van der Waals surface area contributed by atoms with E-state index in [1.165, 1.54) is 11.1 Å². The number of primary amides is 1. The van der Waals surface area contributed by atoms with Crippen molar-refractivity contribution in [2.75, 3.05) is 57.3 Å². The number of carbonyl (C=O) groups excluding carboxylic acids is 2. The first-order chi connectivity index (χ1) is 25.1. The zero-order chi connectivity index (χ0) is 38.3. The monoisotopic (exact) mass is 725 g/mol. The Labute approximate surface area is 313 Å². The molecule has 2 saturated heterocycles. The minimum absolute atomic E-state index is 0.0207. The van der Waals surface area contributed by atoms with E-state index in [0.717, 1.165) is 73.7 Å². The number of rotatable bonds is 9. The van der Waals surface area contributed by atoms with Crippen LogP contribution in [0.5, 0.6) is 0 Å². The number of piperazine rings is 1. The zero-order valence-corrected chi connectivity index (χ0v) is 32.4. The molecular weight excluding hydrogens is 667 g/mol. The van der Waals surface area contributed by atoms with E-state index in [9.17, 15) is 14.4 Å². The molecule has 12 nitrogen and oxygen atoms in total. The van der Waals surface area contributed by atoms with Gasteiger partial charge in [0.05, 0.1) is 5.69 Å². The molecule has 4 heterocycles. The lowest BCUT2D eigenvalue weighted by molar-refractivity contribution is -0.123. The molecule has 6 rings (SSSR count). The summed E-state index contributed by atoms with van der Waals surface area (Å²) in [5.74, 6) is -0.301. The predicted octanol–water partition coefficient (Wildman–Crippen LogP) is 4.18. The number of H-pyrrole nitrogens is 1. The van der Waals surface area contributed by atoms with Crippen LogP contribution in [-0.2, 0) is 22.2 Å². The summed E-state index contributed by atoms with van der Waals surface area (Å²) in [4.78, 5) is 48.7. The van der Waals surface area contributed by atoms with E-state index in [1.807, 2.05) is 47.5 Å². The van der Waals surface area contributed by atoms with Crippen molar-refractivity contribution in [3.05, 3.63) is 87.6 Å². The SMILES string of the molecule is CC(C)(C)c1cc(C(=O)N2CCC(C(N)=O)CC2)cc(N2CCNCC2)c1.CC(C)(C)c1cc2cn(-c3ccc(CNCCCN)cc3)c(=O)nc2[nH]1. The van der Waals surface area contributed by atoms with Crippen molar-refractivity contribution < 1.29 is 9.59 Å². The van der Waals surface area contributed by atoms with Crippen LogP contribution in [0.15, 0.2) is 59.5 Å². The van der Waals surface area contributed by atoms with Crippen LogP contribution in [0, 0.1) is 5.92 Å². The van der Waals surface area contributed by atoms with Crippen LogP contribution >= 0.6 is 0 Å². The number of nitrogens with one attached hydrogen (secondary N) is 3. The van der Waals surface area contributed by atoms with Crippen molar-refractivity contribution >= 4 is 28.5 Å². The maximum absolute atomic E-state index is 13.2. The predicted molar refractivity (Wildman–Crippen MR) is 214 cm³/mol. The molecule has 0 unspecified atom stereocenters. The molecule has 2 aromatic heterocycles. The van der Waals surface area contributed by atoms with Gasteiger partial charge in [-0.25, -0.2) is 4.79 Å². The van der Waals surface area contributed by atoms with Gasteiger partial charge in [-0.1, -0.05) is 53.7 Å². The van der Waals surface area contributed by atoms with Gasteiger partial charge in [-0.2, -0.15) is 4.98 Å². The fourth-order valence-corrected chi connectivity index (χ4v) is 6.64. The van der Waals surface area contributed by atoms with E-state index < -0.39 is 0 Å². The van der Waals surface area contributed by atoms with Crippen LogP contribution in [0.4, 0.5) is 5.69 Å². The van der Waals surface area contributed by atoms with E-state index in [1.54, 1.807) is 4.57 Å². The Morgan fingerprint density at radius 1 is 0.906 bits per heavy atom. The Balaban J connectivity index is 0.000000204. The highest BCUT2D eigenvalue weighted by Gasteiger charge is 2.28. The molecule has 0 aliphatic carbocycles. The summed E-state index contributed by atoms with van der Waals surface area (Å²) in [5.41, 5.74) is 17.3.